The third-order valence-electron chi connectivity index (χ3n) is 3.77. The largest absolute Gasteiger partial charge is 0.316 e. The highest BCUT2D eigenvalue weighted by molar-refractivity contribution is 5.53. The molecule has 0 spiro atoms. The van der Waals surface area contributed by atoms with Crippen molar-refractivity contribution in [2.45, 2.75) is 32.7 Å². The van der Waals surface area contributed by atoms with Crippen molar-refractivity contribution in [3.8, 4) is 11.4 Å². The Labute approximate surface area is 119 Å². The Morgan fingerprint density at radius 2 is 2.30 bits per heavy atom. The Hall–Kier alpha value is -1.75. The molecule has 3 heterocycles. The van der Waals surface area contributed by atoms with Crippen LogP contribution in [0.3, 0.4) is 0 Å². The van der Waals surface area contributed by atoms with Crippen molar-refractivity contribution < 1.29 is 0 Å². The van der Waals surface area contributed by atoms with Crippen LogP contribution in [0.4, 0.5) is 0 Å². The molecule has 1 atom stereocenters. The van der Waals surface area contributed by atoms with Crippen LogP contribution in [-0.4, -0.2) is 32.8 Å². The van der Waals surface area contributed by atoms with E-state index >= 15 is 0 Å². The summed E-state index contributed by atoms with van der Waals surface area (Å²) in [6.45, 7) is 6.46. The number of nitrogens with one attached hydrogen (secondary N) is 1. The number of hydrogen-bond acceptors (Lipinski definition) is 4. The lowest BCUT2D eigenvalue weighted by Crippen LogP contribution is -2.12. The van der Waals surface area contributed by atoms with Crippen LogP contribution < -0.4 is 5.32 Å². The molecule has 0 bridgehead atoms. The minimum atomic E-state index is 0.324. The Morgan fingerprint density at radius 1 is 1.40 bits per heavy atom. The number of nitrogens with zero attached hydrogens (tertiary/aromatic N) is 4. The van der Waals surface area contributed by atoms with Gasteiger partial charge in [-0.25, -0.2) is 4.98 Å². The highest BCUT2D eigenvalue weighted by Crippen LogP contribution is 2.21. The fourth-order valence-electron chi connectivity index (χ4n) is 2.74. The van der Waals surface area contributed by atoms with Gasteiger partial charge in [0.25, 0.3) is 0 Å². The smallest absolute Gasteiger partial charge is 0.107 e. The molecule has 1 aliphatic rings. The molecule has 2 aromatic heterocycles. The second-order valence-electron chi connectivity index (χ2n) is 5.71. The van der Waals surface area contributed by atoms with Crippen LogP contribution in [0.15, 0.2) is 24.7 Å². The Kier molecular flexibility index (Phi) is 3.78. The van der Waals surface area contributed by atoms with Gasteiger partial charge >= 0.3 is 0 Å². The van der Waals surface area contributed by atoms with Gasteiger partial charge in [0, 0.05) is 18.4 Å². The molecule has 1 unspecified atom stereocenters. The van der Waals surface area contributed by atoms with E-state index in [1.165, 1.54) is 6.42 Å². The van der Waals surface area contributed by atoms with E-state index < -0.39 is 0 Å². The van der Waals surface area contributed by atoms with Crippen molar-refractivity contribution in [2.24, 2.45) is 5.92 Å². The van der Waals surface area contributed by atoms with Crippen LogP contribution in [0.5, 0.6) is 0 Å². The van der Waals surface area contributed by atoms with Crippen molar-refractivity contribution in [1.82, 2.24) is 25.1 Å². The molecule has 1 fully saturated rings. The molecule has 0 aromatic carbocycles. The molecule has 1 aliphatic heterocycles. The van der Waals surface area contributed by atoms with Gasteiger partial charge in [-0.05, 0) is 51.8 Å². The van der Waals surface area contributed by atoms with Gasteiger partial charge in [-0.15, -0.1) is 0 Å². The van der Waals surface area contributed by atoms with Gasteiger partial charge in [-0.2, -0.15) is 5.10 Å². The number of aromatic nitrogens is 4. The Balaban J connectivity index is 1.84. The van der Waals surface area contributed by atoms with Crippen molar-refractivity contribution in [3.05, 3.63) is 30.4 Å². The summed E-state index contributed by atoms with van der Waals surface area (Å²) in [6.07, 6.45) is 7.77. The third kappa shape index (κ3) is 2.72. The summed E-state index contributed by atoms with van der Waals surface area (Å²) in [5.74, 6) is 0.689. The van der Waals surface area contributed by atoms with Gasteiger partial charge in [0.2, 0.25) is 0 Å². The Bertz CT molecular complexity index is 569. The van der Waals surface area contributed by atoms with E-state index in [4.69, 9.17) is 4.98 Å². The van der Waals surface area contributed by atoms with Gasteiger partial charge in [0.1, 0.15) is 5.69 Å². The normalized spacial score (nSPS) is 18.9. The number of hydrogen-bond donors (Lipinski definition) is 1. The van der Waals surface area contributed by atoms with E-state index in [2.05, 4.69) is 29.2 Å². The molecule has 0 saturated carbocycles. The third-order valence-corrected chi connectivity index (χ3v) is 3.77. The highest BCUT2D eigenvalue weighted by atomic mass is 15.3. The van der Waals surface area contributed by atoms with Gasteiger partial charge in [-0.1, -0.05) is 0 Å². The van der Waals surface area contributed by atoms with Crippen LogP contribution in [-0.2, 0) is 6.42 Å². The molecule has 0 aliphatic carbocycles. The zero-order valence-electron chi connectivity index (χ0n) is 12.1. The van der Waals surface area contributed by atoms with Gasteiger partial charge < -0.3 is 5.32 Å². The fraction of sp³-hybridized carbons (Fsp3) is 0.533. The van der Waals surface area contributed by atoms with Crippen molar-refractivity contribution in [1.29, 1.82) is 0 Å². The summed E-state index contributed by atoms with van der Waals surface area (Å²) in [5.41, 5.74) is 3.03. The summed E-state index contributed by atoms with van der Waals surface area (Å²) < 4.78 is 1.99. The van der Waals surface area contributed by atoms with Crippen LogP contribution in [0, 0.1) is 5.92 Å². The predicted molar refractivity (Wildman–Crippen MR) is 78.3 cm³/mol. The van der Waals surface area contributed by atoms with Crippen LogP contribution in [0.25, 0.3) is 11.4 Å². The second kappa shape index (κ2) is 5.71. The zero-order chi connectivity index (χ0) is 13.9. The lowest BCUT2D eigenvalue weighted by molar-refractivity contribution is 0.536. The number of rotatable bonds is 4. The summed E-state index contributed by atoms with van der Waals surface area (Å²) in [7, 11) is 0. The van der Waals surface area contributed by atoms with E-state index in [1.54, 1.807) is 0 Å². The van der Waals surface area contributed by atoms with Crippen LogP contribution >= 0.6 is 0 Å². The Morgan fingerprint density at radius 3 is 3.05 bits per heavy atom. The minimum Gasteiger partial charge on any atom is -0.316 e. The molecule has 0 amide bonds. The summed E-state index contributed by atoms with van der Waals surface area (Å²) >= 11 is 0. The van der Waals surface area contributed by atoms with E-state index in [-0.39, 0.29) is 0 Å². The maximum Gasteiger partial charge on any atom is 0.107 e. The molecule has 1 N–H and O–H groups in total. The van der Waals surface area contributed by atoms with E-state index in [0.29, 0.717) is 12.0 Å². The first-order chi connectivity index (χ1) is 9.74. The lowest BCUT2D eigenvalue weighted by atomic mass is 10.0. The van der Waals surface area contributed by atoms with E-state index in [9.17, 15) is 0 Å². The van der Waals surface area contributed by atoms with Gasteiger partial charge in [0.15, 0.2) is 0 Å². The highest BCUT2D eigenvalue weighted by Gasteiger charge is 2.17. The molecule has 0 radical (unpaired) electrons. The standard InChI is InChI=1S/C15H21N5/c1-11(2)20-15(4-6-18-20)14-10-17-9-13(19-14)7-12-3-5-16-8-12/h4,6,9-12,16H,3,5,7-8H2,1-2H3. The quantitative estimate of drug-likeness (QED) is 0.925. The average Bonchev–Trinajstić information content (AvgIpc) is 3.09. The molecular formula is C15H21N5. The fourth-order valence-corrected chi connectivity index (χ4v) is 2.74. The first kappa shape index (κ1) is 13.2. The van der Waals surface area contributed by atoms with Crippen LogP contribution in [0.1, 0.15) is 32.0 Å². The summed E-state index contributed by atoms with van der Waals surface area (Å²) in [5, 5.41) is 7.76. The van der Waals surface area contributed by atoms with Crippen molar-refractivity contribution in [3.63, 3.8) is 0 Å². The zero-order valence-corrected chi connectivity index (χ0v) is 12.1. The minimum absolute atomic E-state index is 0.324. The topological polar surface area (TPSA) is 55.6 Å². The average molecular weight is 271 g/mol. The van der Waals surface area contributed by atoms with Crippen LogP contribution in [0.2, 0.25) is 0 Å². The molecule has 3 rings (SSSR count). The second-order valence-corrected chi connectivity index (χ2v) is 5.71. The summed E-state index contributed by atoms with van der Waals surface area (Å²) in [6, 6.07) is 2.33. The molecule has 2 aromatic rings. The molecule has 5 heteroatoms. The van der Waals surface area contributed by atoms with Crippen molar-refractivity contribution in [2.75, 3.05) is 13.1 Å². The molecule has 1 saturated heterocycles. The first-order valence-electron chi connectivity index (χ1n) is 7.29. The summed E-state index contributed by atoms with van der Waals surface area (Å²) in [4.78, 5) is 9.13. The van der Waals surface area contributed by atoms with E-state index in [1.807, 2.05) is 29.3 Å². The maximum atomic E-state index is 4.77. The van der Waals surface area contributed by atoms with Crippen molar-refractivity contribution >= 4 is 0 Å². The first-order valence-corrected chi connectivity index (χ1v) is 7.29. The molecular weight excluding hydrogens is 250 g/mol. The molecule has 20 heavy (non-hydrogen) atoms. The van der Waals surface area contributed by atoms with E-state index in [0.717, 1.165) is 36.6 Å². The van der Waals surface area contributed by atoms with Gasteiger partial charge in [0.05, 0.1) is 17.6 Å². The maximum absolute atomic E-state index is 4.77. The SMILES string of the molecule is CC(C)n1nccc1-c1cncc(CC2CCNC2)n1. The monoisotopic (exact) mass is 271 g/mol. The molecule has 5 nitrogen and oxygen atoms in total. The molecule has 106 valence electrons. The lowest BCUT2D eigenvalue weighted by Gasteiger charge is -2.12. The van der Waals surface area contributed by atoms with Gasteiger partial charge in [-0.3, -0.25) is 9.67 Å². The predicted octanol–water partition coefficient (Wildman–Crippen LogP) is 2.07.